The Morgan fingerprint density at radius 1 is 1.10 bits per heavy atom. The zero-order chi connectivity index (χ0) is 14.6. The molecule has 5 heteroatoms. The van der Waals surface area contributed by atoms with Gasteiger partial charge in [0.25, 0.3) is 0 Å². The lowest BCUT2D eigenvalue weighted by Gasteiger charge is -2.19. The number of amides is 1. The molecule has 0 fully saturated rings. The molecule has 0 heterocycles. The van der Waals surface area contributed by atoms with E-state index in [1.165, 1.54) is 6.08 Å². The van der Waals surface area contributed by atoms with Crippen LogP contribution in [0.15, 0.2) is 36.4 Å². The molecule has 1 aromatic carbocycles. The first-order valence-electron chi connectivity index (χ1n) is 6.71. The Balaban J connectivity index is 2.27. The summed E-state index contributed by atoms with van der Waals surface area (Å²) in [4.78, 5) is 13.5. The van der Waals surface area contributed by atoms with Gasteiger partial charge in [0.1, 0.15) is 0 Å². The Morgan fingerprint density at radius 2 is 1.75 bits per heavy atom. The second-order valence-corrected chi connectivity index (χ2v) is 4.32. The zero-order valence-electron chi connectivity index (χ0n) is 11.5. The van der Waals surface area contributed by atoms with Gasteiger partial charge in [-0.25, -0.2) is 0 Å². The predicted octanol–water partition coefficient (Wildman–Crippen LogP) is 0.103. The molecule has 20 heavy (non-hydrogen) atoms. The smallest absolute Gasteiger partial charge is 0.244 e. The van der Waals surface area contributed by atoms with Gasteiger partial charge in [-0.1, -0.05) is 30.3 Å². The number of hydrogen-bond donors (Lipinski definition) is 3. The van der Waals surface area contributed by atoms with Crippen LogP contribution in [0.25, 0.3) is 6.08 Å². The second-order valence-electron chi connectivity index (χ2n) is 4.32. The molecule has 1 amide bonds. The van der Waals surface area contributed by atoms with Gasteiger partial charge in [0.15, 0.2) is 0 Å². The molecule has 0 aliphatic heterocycles. The number of nitrogens with one attached hydrogen (secondary N) is 1. The van der Waals surface area contributed by atoms with Gasteiger partial charge in [-0.05, 0) is 11.6 Å². The highest BCUT2D eigenvalue weighted by Gasteiger charge is 2.03. The number of benzene rings is 1. The SMILES string of the molecule is O=C(/C=C/c1ccccc1)NCCN(CCO)CCO. The Labute approximate surface area is 119 Å². The third-order valence-corrected chi connectivity index (χ3v) is 2.79. The van der Waals surface area contributed by atoms with Gasteiger partial charge in [0.05, 0.1) is 13.2 Å². The first kappa shape index (κ1) is 16.4. The van der Waals surface area contributed by atoms with E-state index < -0.39 is 0 Å². The molecule has 3 N–H and O–H groups in total. The van der Waals surface area contributed by atoms with Gasteiger partial charge in [-0.2, -0.15) is 0 Å². The third-order valence-electron chi connectivity index (χ3n) is 2.79. The number of rotatable bonds is 9. The first-order valence-corrected chi connectivity index (χ1v) is 6.71. The van der Waals surface area contributed by atoms with Crippen molar-refractivity contribution in [3.8, 4) is 0 Å². The number of hydrogen-bond acceptors (Lipinski definition) is 4. The molecule has 1 rings (SSSR count). The molecule has 0 aliphatic rings. The van der Waals surface area contributed by atoms with Crippen LogP contribution in [0.3, 0.4) is 0 Å². The van der Waals surface area contributed by atoms with Crippen molar-refractivity contribution in [3.05, 3.63) is 42.0 Å². The molecular weight excluding hydrogens is 256 g/mol. The Bertz CT molecular complexity index is 401. The van der Waals surface area contributed by atoms with Crippen molar-refractivity contribution in [2.45, 2.75) is 0 Å². The average molecular weight is 278 g/mol. The predicted molar refractivity (Wildman–Crippen MR) is 79.1 cm³/mol. The van der Waals surface area contributed by atoms with Crippen LogP contribution in [0.4, 0.5) is 0 Å². The van der Waals surface area contributed by atoms with Gasteiger partial charge in [0.2, 0.25) is 5.91 Å². The lowest BCUT2D eigenvalue weighted by Crippen LogP contribution is -2.37. The van der Waals surface area contributed by atoms with E-state index in [0.29, 0.717) is 26.2 Å². The molecule has 0 bridgehead atoms. The summed E-state index contributed by atoms with van der Waals surface area (Å²) in [6.07, 6.45) is 3.26. The molecule has 0 saturated heterocycles. The second kappa shape index (κ2) is 10.1. The van der Waals surface area contributed by atoms with Crippen LogP contribution >= 0.6 is 0 Å². The van der Waals surface area contributed by atoms with Crippen molar-refractivity contribution in [1.29, 1.82) is 0 Å². The highest BCUT2D eigenvalue weighted by molar-refractivity contribution is 5.91. The highest BCUT2D eigenvalue weighted by Crippen LogP contribution is 2.00. The summed E-state index contributed by atoms with van der Waals surface area (Å²) >= 11 is 0. The first-order chi connectivity index (χ1) is 9.76. The molecule has 0 unspecified atom stereocenters. The molecule has 0 saturated carbocycles. The summed E-state index contributed by atoms with van der Waals surface area (Å²) in [5.41, 5.74) is 0.977. The Morgan fingerprint density at radius 3 is 2.35 bits per heavy atom. The van der Waals surface area contributed by atoms with E-state index in [1.807, 2.05) is 35.2 Å². The maximum atomic E-state index is 11.6. The fourth-order valence-corrected chi connectivity index (χ4v) is 1.75. The zero-order valence-corrected chi connectivity index (χ0v) is 11.5. The lowest BCUT2D eigenvalue weighted by atomic mass is 10.2. The third kappa shape index (κ3) is 7.04. The van der Waals surface area contributed by atoms with Gasteiger partial charge >= 0.3 is 0 Å². The minimum Gasteiger partial charge on any atom is -0.395 e. The number of nitrogens with zero attached hydrogens (tertiary/aromatic N) is 1. The molecule has 110 valence electrons. The van der Waals surface area contributed by atoms with Gasteiger partial charge in [-0.15, -0.1) is 0 Å². The monoisotopic (exact) mass is 278 g/mol. The number of aliphatic hydroxyl groups excluding tert-OH is 2. The lowest BCUT2D eigenvalue weighted by molar-refractivity contribution is -0.116. The Kier molecular flexibility index (Phi) is 8.30. The molecule has 0 atom stereocenters. The van der Waals surface area contributed by atoms with Crippen molar-refractivity contribution >= 4 is 12.0 Å². The van der Waals surface area contributed by atoms with Gasteiger partial charge < -0.3 is 15.5 Å². The van der Waals surface area contributed by atoms with E-state index >= 15 is 0 Å². The molecule has 0 aromatic heterocycles. The van der Waals surface area contributed by atoms with E-state index in [-0.39, 0.29) is 19.1 Å². The molecule has 0 aliphatic carbocycles. The standard InChI is InChI=1S/C15H22N2O3/c18-12-10-17(11-13-19)9-8-16-15(20)7-6-14-4-2-1-3-5-14/h1-7,18-19H,8-13H2,(H,16,20)/b7-6+. The Hall–Kier alpha value is -1.69. The topological polar surface area (TPSA) is 72.8 Å². The van der Waals surface area contributed by atoms with E-state index in [0.717, 1.165) is 5.56 Å². The van der Waals surface area contributed by atoms with E-state index in [2.05, 4.69) is 5.32 Å². The summed E-state index contributed by atoms with van der Waals surface area (Å²) in [7, 11) is 0. The van der Waals surface area contributed by atoms with E-state index in [4.69, 9.17) is 10.2 Å². The summed E-state index contributed by atoms with van der Waals surface area (Å²) < 4.78 is 0. The fourth-order valence-electron chi connectivity index (χ4n) is 1.75. The molecule has 0 spiro atoms. The largest absolute Gasteiger partial charge is 0.395 e. The highest BCUT2D eigenvalue weighted by atomic mass is 16.3. The number of carbonyl (C=O) groups excluding carboxylic acids is 1. The van der Waals surface area contributed by atoms with E-state index in [1.54, 1.807) is 6.08 Å². The van der Waals surface area contributed by atoms with Crippen molar-refractivity contribution in [2.75, 3.05) is 39.4 Å². The maximum Gasteiger partial charge on any atom is 0.244 e. The summed E-state index contributed by atoms with van der Waals surface area (Å²) in [5, 5.41) is 20.5. The summed E-state index contributed by atoms with van der Waals surface area (Å²) in [5.74, 6) is -0.151. The van der Waals surface area contributed by atoms with E-state index in [9.17, 15) is 4.79 Å². The minimum absolute atomic E-state index is 0.0435. The van der Waals surface area contributed by atoms with Crippen LogP contribution in [-0.2, 0) is 4.79 Å². The molecule has 0 radical (unpaired) electrons. The number of carbonyl (C=O) groups is 1. The molecular formula is C15H22N2O3. The van der Waals surface area contributed by atoms with Crippen LogP contribution in [0.2, 0.25) is 0 Å². The van der Waals surface area contributed by atoms with Crippen molar-refractivity contribution in [3.63, 3.8) is 0 Å². The van der Waals surface area contributed by atoms with Crippen LogP contribution in [-0.4, -0.2) is 60.4 Å². The maximum absolute atomic E-state index is 11.6. The molecule has 5 nitrogen and oxygen atoms in total. The minimum atomic E-state index is -0.151. The molecule has 1 aromatic rings. The van der Waals surface area contributed by atoms with Crippen LogP contribution in [0.1, 0.15) is 5.56 Å². The number of aliphatic hydroxyl groups is 2. The van der Waals surface area contributed by atoms with Crippen LogP contribution in [0.5, 0.6) is 0 Å². The summed E-state index contributed by atoms with van der Waals surface area (Å²) in [6.45, 7) is 2.17. The quantitative estimate of drug-likeness (QED) is 0.560. The van der Waals surface area contributed by atoms with Gasteiger partial charge in [0, 0.05) is 32.3 Å². The van der Waals surface area contributed by atoms with Crippen LogP contribution in [0, 0.1) is 0 Å². The average Bonchev–Trinajstić information content (AvgIpc) is 2.47. The van der Waals surface area contributed by atoms with Crippen molar-refractivity contribution < 1.29 is 15.0 Å². The van der Waals surface area contributed by atoms with Crippen molar-refractivity contribution in [2.24, 2.45) is 0 Å². The van der Waals surface area contributed by atoms with Gasteiger partial charge in [-0.3, -0.25) is 9.69 Å². The normalized spacial score (nSPS) is 11.2. The fraction of sp³-hybridized carbons (Fsp3) is 0.400. The van der Waals surface area contributed by atoms with Crippen LogP contribution < -0.4 is 5.32 Å². The van der Waals surface area contributed by atoms with Crippen molar-refractivity contribution in [1.82, 2.24) is 10.2 Å². The summed E-state index contributed by atoms with van der Waals surface area (Å²) in [6, 6.07) is 9.61.